The first-order valence-corrected chi connectivity index (χ1v) is 8.29. The van der Waals surface area contributed by atoms with Gasteiger partial charge in [0, 0.05) is 35.2 Å². The molecule has 0 bridgehead atoms. The summed E-state index contributed by atoms with van der Waals surface area (Å²) in [5.74, 6) is 0.949. The van der Waals surface area contributed by atoms with E-state index in [4.69, 9.17) is 10.5 Å². The van der Waals surface area contributed by atoms with Gasteiger partial charge < -0.3 is 15.4 Å². The van der Waals surface area contributed by atoms with Gasteiger partial charge in [0.05, 0.1) is 0 Å². The second kappa shape index (κ2) is 6.96. The number of ether oxygens (including phenoxy) is 1. The summed E-state index contributed by atoms with van der Waals surface area (Å²) in [6, 6.07) is 8.32. The van der Waals surface area contributed by atoms with Crippen LogP contribution < -0.4 is 10.5 Å². The summed E-state index contributed by atoms with van der Waals surface area (Å²) in [4.78, 5) is 3.37. The lowest BCUT2D eigenvalue weighted by atomic mass is 10.0. The highest BCUT2D eigenvalue weighted by atomic mass is 32.1. The second-order valence-corrected chi connectivity index (χ2v) is 6.18. The van der Waals surface area contributed by atoms with E-state index in [0.29, 0.717) is 0 Å². The normalized spacial score (nSPS) is 16.1. The van der Waals surface area contributed by atoms with Crippen LogP contribution in [0.5, 0.6) is 5.75 Å². The molecular formula is C17H24N2OS. The Kier molecular flexibility index (Phi) is 5.26. The van der Waals surface area contributed by atoms with Crippen LogP contribution in [0.3, 0.4) is 0 Å². The first kappa shape index (κ1) is 15.9. The van der Waals surface area contributed by atoms with E-state index in [1.165, 1.54) is 10.4 Å². The Labute approximate surface area is 131 Å². The van der Waals surface area contributed by atoms with Crippen LogP contribution in [0.1, 0.15) is 19.4 Å². The number of nitrogen functional groups attached to an aromatic ring is 1. The quantitative estimate of drug-likeness (QED) is 0.874. The maximum Gasteiger partial charge on any atom is 0.125 e. The van der Waals surface area contributed by atoms with Gasteiger partial charge in [0.25, 0.3) is 0 Å². The molecule has 1 atom stereocenters. The molecule has 0 amide bonds. The van der Waals surface area contributed by atoms with Crippen LogP contribution in [-0.4, -0.2) is 31.6 Å². The van der Waals surface area contributed by atoms with Crippen LogP contribution in [0.15, 0.2) is 29.6 Å². The Morgan fingerprint density at radius 2 is 2.10 bits per heavy atom. The molecule has 0 saturated carbocycles. The topological polar surface area (TPSA) is 38.5 Å². The van der Waals surface area contributed by atoms with Gasteiger partial charge in [0.1, 0.15) is 11.9 Å². The number of hydrogen-bond acceptors (Lipinski definition) is 4. The second-order valence-electron chi connectivity index (χ2n) is 5.23. The Bertz CT molecular complexity index is 579. The van der Waals surface area contributed by atoms with E-state index in [1.54, 1.807) is 11.3 Å². The first-order valence-electron chi connectivity index (χ1n) is 7.41. The van der Waals surface area contributed by atoms with Crippen LogP contribution in [-0.2, 0) is 6.42 Å². The van der Waals surface area contributed by atoms with Crippen LogP contribution in [0.4, 0.5) is 5.69 Å². The molecule has 0 radical (unpaired) electrons. The summed E-state index contributed by atoms with van der Waals surface area (Å²) in [7, 11) is 4.13. The van der Waals surface area contributed by atoms with Gasteiger partial charge in [-0.2, -0.15) is 0 Å². The van der Waals surface area contributed by atoms with E-state index in [1.807, 2.05) is 19.9 Å². The van der Waals surface area contributed by atoms with Gasteiger partial charge in [-0.3, -0.25) is 0 Å². The van der Waals surface area contributed by atoms with E-state index >= 15 is 0 Å². The average molecular weight is 304 g/mol. The molecule has 0 fully saturated rings. The average Bonchev–Trinajstić information content (AvgIpc) is 3.07. The molecule has 1 aliphatic rings. The molecule has 4 heteroatoms. The number of rotatable bonds is 3. The summed E-state index contributed by atoms with van der Waals surface area (Å²) in [5, 5.41) is 2.08. The lowest BCUT2D eigenvalue weighted by molar-refractivity contribution is 0.184. The van der Waals surface area contributed by atoms with Crippen LogP contribution in [0.2, 0.25) is 0 Å². The van der Waals surface area contributed by atoms with Gasteiger partial charge in [-0.25, -0.2) is 0 Å². The van der Waals surface area contributed by atoms with Crippen molar-refractivity contribution in [2.45, 2.75) is 26.4 Å². The Morgan fingerprint density at radius 3 is 2.71 bits per heavy atom. The van der Waals surface area contributed by atoms with E-state index in [9.17, 15) is 0 Å². The van der Waals surface area contributed by atoms with Gasteiger partial charge in [-0.15, -0.1) is 11.3 Å². The summed E-state index contributed by atoms with van der Waals surface area (Å²) in [6.07, 6.45) is 1.20. The van der Waals surface area contributed by atoms with E-state index in [2.05, 4.69) is 42.6 Å². The third-order valence-electron chi connectivity index (χ3n) is 3.33. The SMILES string of the molecule is CC.CN(C)CC1Cc2cc(-c3cccs3)c(N)cc2O1. The first-order chi connectivity index (χ1) is 10.1. The number of benzene rings is 1. The minimum absolute atomic E-state index is 0.239. The molecule has 0 spiro atoms. The van der Waals surface area contributed by atoms with Gasteiger partial charge in [0.2, 0.25) is 0 Å². The smallest absolute Gasteiger partial charge is 0.125 e. The largest absolute Gasteiger partial charge is 0.488 e. The summed E-state index contributed by atoms with van der Waals surface area (Å²) < 4.78 is 5.95. The number of anilines is 1. The van der Waals surface area contributed by atoms with Crippen molar-refractivity contribution < 1.29 is 4.74 Å². The third kappa shape index (κ3) is 3.57. The van der Waals surface area contributed by atoms with Crippen LogP contribution >= 0.6 is 11.3 Å². The monoisotopic (exact) mass is 304 g/mol. The van der Waals surface area contributed by atoms with E-state index in [-0.39, 0.29) is 6.10 Å². The molecule has 0 saturated heterocycles. The van der Waals surface area contributed by atoms with Crippen LogP contribution in [0, 0.1) is 0 Å². The number of nitrogens with zero attached hydrogens (tertiary/aromatic N) is 1. The molecule has 3 rings (SSSR count). The fourth-order valence-electron chi connectivity index (χ4n) is 2.53. The molecule has 1 unspecified atom stereocenters. The van der Waals surface area contributed by atoms with Crippen molar-refractivity contribution in [3.05, 3.63) is 35.2 Å². The minimum Gasteiger partial charge on any atom is -0.488 e. The van der Waals surface area contributed by atoms with Crippen molar-refractivity contribution in [1.29, 1.82) is 0 Å². The zero-order valence-corrected chi connectivity index (χ0v) is 14.0. The fraction of sp³-hybridized carbons (Fsp3) is 0.412. The van der Waals surface area contributed by atoms with Crippen LogP contribution in [0.25, 0.3) is 10.4 Å². The van der Waals surface area contributed by atoms with Crippen molar-refractivity contribution in [2.24, 2.45) is 0 Å². The maximum absolute atomic E-state index is 6.15. The molecule has 0 aliphatic carbocycles. The zero-order chi connectivity index (χ0) is 15.4. The van der Waals surface area contributed by atoms with Gasteiger partial charge in [-0.05, 0) is 37.2 Å². The highest BCUT2D eigenvalue weighted by molar-refractivity contribution is 7.13. The van der Waals surface area contributed by atoms with Crippen molar-refractivity contribution in [3.63, 3.8) is 0 Å². The molecule has 3 nitrogen and oxygen atoms in total. The number of fused-ring (bicyclic) bond motifs is 1. The number of hydrogen-bond donors (Lipinski definition) is 1. The Balaban J connectivity index is 0.000000774. The number of likely N-dealkylation sites (N-methyl/N-ethyl adjacent to an activating group) is 1. The summed E-state index contributed by atoms with van der Waals surface area (Å²) >= 11 is 1.72. The lowest BCUT2D eigenvalue weighted by Crippen LogP contribution is -2.29. The Hall–Kier alpha value is -1.52. The fourth-order valence-corrected chi connectivity index (χ4v) is 3.30. The number of nitrogens with two attached hydrogens (primary N) is 1. The highest BCUT2D eigenvalue weighted by Gasteiger charge is 2.24. The number of thiophene rings is 1. The molecule has 2 N–H and O–H groups in total. The van der Waals surface area contributed by atoms with Crippen molar-refractivity contribution >= 4 is 17.0 Å². The molecular weight excluding hydrogens is 280 g/mol. The third-order valence-corrected chi connectivity index (χ3v) is 4.23. The standard InChI is InChI=1S/C15H18N2OS.C2H6/c1-17(2)9-11-6-10-7-12(15-4-3-5-19-15)13(16)8-14(10)18-11;1-2/h3-5,7-8,11H,6,9,16H2,1-2H3;1-2H3. The van der Waals surface area contributed by atoms with E-state index in [0.717, 1.165) is 30.0 Å². The van der Waals surface area contributed by atoms with Crippen molar-refractivity contribution in [3.8, 4) is 16.2 Å². The van der Waals surface area contributed by atoms with E-state index < -0.39 is 0 Å². The van der Waals surface area contributed by atoms with Gasteiger partial charge in [0.15, 0.2) is 0 Å². The molecule has 2 heterocycles. The Morgan fingerprint density at radius 1 is 1.33 bits per heavy atom. The molecule has 114 valence electrons. The molecule has 1 aromatic carbocycles. The predicted molar refractivity (Wildman–Crippen MR) is 92.2 cm³/mol. The molecule has 1 aromatic heterocycles. The minimum atomic E-state index is 0.239. The zero-order valence-electron chi connectivity index (χ0n) is 13.2. The van der Waals surface area contributed by atoms with Crippen molar-refractivity contribution in [2.75, 3.05) is 26.4 Å². The summed E-state index contributed by atoms with van der Waals surface area (Å²) in [5.41, 5.74) is 9.34. The summed E-state index contributed by atoms with van der Waals surface area (Å²) in [6.45, 7) is 4.93. The lowest BCUT2D eigenvalue weighted by Gasteiger charge is -2.15. The van der Waals surface area contributed by atoms with Gasteiger partial charge >= 0.3 is 0 Å². The predicted octanol–water partition coefficient (Wildman–Crippen LogP) is 3.89. The molecule has 2 aromatic rings. The van der Waals surface area contributed by atoms with Crippen molar-refractivity contribution in [1.82, 2.24) is 4.90 Å². The highest BCUT2D eigenvalue weighted by Crippen LogP contribution is 2.38. The molecule has 1 aliphatic heterocycles. The van der Waals surface area contributed by atoms with Gasteiger partial charge in [-0.1, -0.05) is 19.9 Å². The maximum atomic E-state index is 6.15. The molecule has 21 heavy (non-hydrogen) atoms.